The van der Waals surface area contributed by atoms with Crippen molar-refractivity contribution in [1.82, 2.24) is 5.32 Å². The van der Waals surface area contributed by atoms with E-state index in [2.05, 4.69) is 10.6 Å². The molecular formula is C18H19FN2O2. The molecule has 5 heteroatoms. The summed E-state index contributed by atoms with van der Waals surface area (Å²) in [5, 5.41) is 5.31. The van der Waals surface area contributed by atoms with Gasteiger partial charge in [0, 0.05) is 5.69 Å². The van der Waals surface area contributed by atoms with Gasteiger partial charge >= 0.3 is 0 Å². The lowest BCUT2D eigenvalue weighted by Crippen LogP contribution is -2.42. The van der Waals surface area contributed by atoms with Crippen LogP contribution in [0.3, 0.4) is 0 Å². The summed E-state index contributed by atoms with van der Waals surface area (Å²) in [5.41, 5.74) is 2.51. The molecule has 0 saturated carbocycles. The SMILES string of the molecule is Cc1cccc(C)c1NC(=O)[C@@H](C)NC(=O)c1ccccc1F. The van der Waals surface area contributed by atoms with Gasteiger partial charge in [0.2, 0.25) is 5.91 Å². The number of benzene rings is 2. The van der Waals surface area contributed by atoms with Gasteiger partial charge in [0.1, 0.15) is 11.9 Å². The van der Waals surface area contributed by atoms with E-state index in [1.54, 1.807) is 13.0 Å². The second kappa shape index (κ2) is 7.05. The second-order valence-electron chi connectivity index (χ2n) is 5.43. The van der Waals surface area contributed by atoms with Crippen molar-refractivity contribution in [3.05, 3.63) is 65.0 Å². The second-order valence-corrected chi connectivity index (χ2v) is 5.43. The van der Waals surface area contributed by atoms with Crippen LogP contribution < -0.4 is 10.6 Å². The lowest BCUT2D eigenvalue weighted by molar-refractivity contribution is -0.117. The molecule has 0 heterocycles. The van der Waals surface area contributed by atoms with E-state index in [0.717, 1.165) is 16.8 Å². The van der Waals surface area contributed by atoms with Crippen molar-refractivity contribution in [2.24, 2.45) is 0 Å². The van der Waals surface area contributed by atoms with Crippen molar-refractivity contribution in [2.75, 3.05) is 5.32 Å². The van der Waals surface area contributed by atoms with Crippen LogP contribution in [0.5, 0.6) is 0 Å². The number of nitrogens with one attached hydrogen (secondary N) is 2. The normalized spacial score (nSPS) is 11.7. The molecule has 0 aliphatic heterocycles. The molecular weight excluding hydrogens is 295 g/mol. The third kappa shape index (κ3) is 3.94. The average Bonchev–Trinajstić information content (AvgIpc) is 2.51. The third-order valence-electron chi connectivity index (χ3n) is 3.59. The van der Waals surface area contributed by atoms with Crippen molar-refractivity contribution in [1.29, 1.82) is 0 Å². The Labute approximate surface area is 134 Å². The number of rotatable bonds is 4. The molecule has 0 aromatic heterocycles. The fraction of sp³-hybridized carbons (Fsp3) is 0.222. The van der Waals surface area contributed by atoms with Crippen molar-refractivity contribution >= 4 is 17.5 Å². The van der Waals surface area contributed by atoms with Crippen LogP contribution in [0.15, 0.2) is 42.5 Å². The summed E-state index contributed by atoms with van der Waals surface area (Å²) in [6, 6.07) is 10.6. The fourth-order valence-corrected chi connectivity index (χ4v) is 2.23. The van der Waals surface area contributed by atoms with Crippen LogP contribution in [0.4, 0.5) is 10.1 Å². The first-order valence-electron chi connectivity index (χ1n) is 7.32. The zero-order valence-electron chi connectivity index (χ0n) is 13.3. The summed E-state index contributed by atoms with van der Waals surface area (Å²) in [5.74, 6) is -1.59. The number of hydrogen-bond donors (Lipinski definition) is 2. The lowest BCUT2D eigenvalue weighted by Gasteiger charge is -2.17. The van der Waals surface area contributed by atoms with Gasteiger partial charge in [-0.3, -0.25) is 9.59 Å². The van der Waals surface area contributed by atoms with Gasteiger partial charge in [-0.25, -0.2) is 4.39 Å². The highest BCUT2D eigenvalue weighted by Gasteiger charge is 2.19. The molecule has 0 aliphatic carbocycles. The van der Waals surface area contributed by atoms with Crippen molar-refractivity contribution in [2.45, 2.75) is 26.8 Å². The number of carbonyl (C=O) groups is 2. The highest BCUT2D eigenvalue weighted by Crippen LogP contribution is 2.19. The van der Waals surface area contributed by atoms with Gasteiger partial charge in [-0.2, -0.15) is 0 Å². The van der Waals surface area contributed by atoms with Crippen LogP contribution in [-0.4, -0.2) is 17.9 Å². The van der Waals surface area contributed by atoms with Gasteiger partial charge in [-0.15, -0.1) is 0 Å². The Kier molecular flexibility index (Phi) is 5.11. The first kappa shape index (κ1) is 16.7. The molecule has 0 bridgehead atoms. The quantitative estimate of drug-likeness (QED) is 0.910. The number of hydrogen-bond acceptors (Lipinski definition) is 2. The van der Waals surface area contributed by atoms with E-state index in [1.165, 1.54) is 18.2 Å². The van der Waals surface area contributed by atoms with Gasteiger partial charge in [0.05, 0.1) is 5.56 Å². The standard InChI is InChI=1S/C18H19FN2O2/c1-11-7-6-8-12(2)16(11)21-17(22)13(3)20-18(23)14-9-4-5-10-15(14)19/h4-10,13H,1-3H3,(H,20,23)(H,21,22)/t13-/m1/s1. The smallest absolute Gasteiger partial charge is 0.254 e. The number of halogens is 1. The van der Waals surface area contributed by atoms with Crippen LogP contribution in [0.1, 0.15) is 28.4 Å². The minimum atomic E-state index is -0.791. The van der Waals surface area contributed by atoms with Crippen LogP contribution in [0.2, 0.25) is 0 Å². The molecule has 2 rings (SSSR count). The fourth-order valence-electron chi connectivity index (χ4n) is 2.23. The first-order valence-corrected chi connectivity index (χ1v) is 7.32. The Morgan fingerprint density at radius 3 is 2.22 bits per heavy atom. The molecule has 23 heavy (non-hydrogen) atoms. The van der Waals surface area contributed by atoms with Gasteiger partial charge in [0.15, 0.2) is 0 Å². The van der Waals surface area contributed by atoms with Crippen molar-refractivity contribution in [3.8, 4) is 0 Å². The third-order valence-corrected chi connectivity index (χ3v) is 3.59. The topological polar surface area (TPSA) is 58.2 Å². The predicted molar refractivity (Wildman–Crippen MR) is 87.9 cm³/mol. The Morgan fingerprint density at radius 2 is 1.61 bits per heavy atom. The van der Waals surface area contributed by atoms with Crippen LogP contribution in [0, 0.1) is 19.7 Å². The van der Waals surface area contributed by atoms with Gasteiger partial charge in [-0.05, 0) is 44.0 Å². The van der Waals surface area contributed by atoms with Crippen molar-refractivity contribution < 1.29 is 14.0 Å². The molecule has 0 fully saturated rings. The lowest BCUT2D eigenvalue weighted by atomic mass is 10.1. The van der Waals surface area contributed by atoms with Gasteiger partial charge in [-0.1, -0.05) is 30.3 Å². The predicted octanol–water partition coefficient (Wildman–Crippen LogP) is 3.20. The zero-order valence-corrected chi connectivity index (χ0v) is 13.3. The van der Waals surface area contributed by atoms with Crippen LogP contribution >= 0.6 is 0 Å². The van der Waals surface area contributed by atoms with E-state index in [9.17, 15) is 14.0 Å². The maximum absolute atomic E-state index is 13.6. The Morgan fingerprint density at radius 1 is 1.00 bits per heavy atom. The van der Waals surface area contributed by atoms with Crippen LogP contribution in [0.25, 0.3) is 0 Å². The molecule has 2 aromatic rings. The van der Waals surface area contributed by atoms with E-state index in [-0.39, 0.29) is 11.5 Å². The number of para-hydroxylation sites is 1. The van der Waals surface area contributed by atoms with E-state index in [4.69, 9.17) is 0 Å². The summed E-state index contributed by atoms with van der Waals surface area (Å²) >= 11 is 0. The van der Waals surface area contributed by atoms with Gasteiger partial charge < -0.3 is 10.6 Å². The molecule has 2 N–H and O–H groups in total. The molecule has 2 aromatic carbocycles. The molecule has 0 saturated heterocycles. The maximum atomic E-state index is 13.6. The number of carbonyl (C=O) groups excluding carboxylic acids is 2. The average molecular weight is 314 g/mol. The summed E-state index contributed by atoms with van der Waals surface area (Å²) in [6.07, 6.45) is 0. The largest absolute Gasteiger partial charge is 0.340 e. The number of amides is 2. The summed E-state index contributed by atoms with van der Waals surface area (Å²) < 4.78 is 13.6. The van der Waals surface area contributed by atoms with E-state index in [0.29, 0.717) is 0 Å². The number of aryl methyl sites for hydroxylation is 2. The summed E-state index contributed by atoms with van der Waals surface area (Å²) in [7, 11) is 0. The molecule has 2 amide bonds. The molecule has 0 unspecified atom stereocenters. The summed E-state index contributed by atoms with van der Waals surface area (Å²) in [6.45, 7) is 5.35. The number of anilines is 1. The molecule has 0 aliphatic rings. The highest BCUT2D eigenvalue weighted by atomic mass is 19.1. The molecule has 1 atom stereocenters. The van der Waals surface area contributed by atoms with Gasteiger partial charge in [0.25, 0.3) is 5.91 Å². The Bertz CT molecular complexity index is 723. The monoisotopic (exact) mass is 314 g/mol. The first-order chi connectivity index (χ1) is 10.9. The minimum Gasteiger partial charge on any atom is -0.340 e. The zero-order chi connectivity index (χ0) is 17.0. The molecule has 4 nitrogen and oxygen atoms in total. The Hall–Kier alpha value is -2.69. The van der Waals surface area contributed by atoms with Crippen LogP contribution in [-0.2, 0) is 4.79 Å². The molecule has 0 radical (unpaired) electrons. The molecule has 0 spiro atoms. The van der Waals surface area contributed by atoms with E-state index >= 15 is 0 Å². The minimum absolute atomic E-state index is 0.0841. The highest BCUT2D eigenvalue weighted by molar-refractivity contribution is 6.01. The van der Waals surface area contributed by atoms with E-state index in [1.807, 2.05) is 32.0 Å². The maximum Gasteiger partial charge on any atom is 0.254 e. The molecule has 120 valence electrons. The van der Waals surface area contributed by atoms with Crippen molar-refractivity contribution in [3.63, 3.8) is 0 Å². The summed E-state index contributed by atoms with van der Waals surface area (Å²) in [4.78, 5) is 24.3. The Balaban J connectivity index is 2.06. The van der Waals surface area contributed by atoms with E-state index < -0.39 is 17.8 Å².